The van der Waals surface area contributed by atoms with Gasteiger partial charge in [0.15, 0.2) is 0 Å². The Balaban J connectivity index is 1.39. The predicted octanol–water partition coefficient (Wildman–Crippen LogP) is 2.53. The van der Waals surface area contributed by atoms with Crippen molar-refractivity contribution in [2.75, 3.05) is 24.5 Å². The van der Waals surface area contributed by atoms with Crippen LogP contribution in [0.5, 0.6) is 0 Å². The fourth-order valence-corrected chi connectivity index (χ4v) is 4.82. The van der Waals surface area contributed by atoms with Gasteiger partial charge in [-0.15, -0.1) is 0 Å². The van der Waals surface area contributed by atoms with Gasteiger partial charge in [-0.3, -0.25) is 4.79 Å². The smallest absolute Gasteiger partial charge is 0.254 e. The second kappa shape index (κ2) is 6.53. The number of piperidine rings is 1. The number of amides is 1. The molecule has 2 fully saturated rings. The molecule has 2 aliphatic rings. The summed E-state index contributed by atoms with van der Waals surface area (Å²) in [5.41, 5.74) is 2.34. The molecule has 2 aliphatic heterocycles. The maximum Gasteiger partial charge on any atom is 0.254 e. The Bertz CT molecular complexity index is 1000. The van der Waals surface area contributed by atoms with Gasteiger partial charge in [0.25, 0.3) is 5.91 Å². The quantitative estimate of drug-likeness (QED) is 0.680. The number of hydrogen-bond donors (Lipinski definition) is 0. The fraction of sp³-hybridized carbons (Fsp3) is 0.421. The van der Waals surface area contributed by atoms with E-state index in [-0.39, 0.29) is 11.9 Å². The van der Waals surface area contributed by atoms with Crippen molar-refractivity contribution < 1.29 is 4.79 Å². The highest BCUT2D eigenvalue weighted by molar-refractivity contribution is 7.00. The Morgan fingerprint density at radius 2 is 2.00 bits per heavy atom. The molecule has 0 N–H and O–H groups in total. The highest BCUT2D eigenvalue weighted by Crippen LogP contribution is 2.34. The van der Waals surface area contributed by atoms with Crippen molar-refractivity contribution in [1.82, 2.24) is 23.6 Å². The highest BCUT2D eigenvalue weighted by atomic mass is 32.1. The van der Waals surface area contributed by atoms with Gasteiger partial charge in [0.05, 0.1) is 17.8 Å². The Kier molecular flexibility index (Phi) is 4.00. The predicted molar refractivity (Wildman–Crippen MR) is 104 cm³/mol. The molecule has 8 heteroatoms. The summed E-state index contributed by atoms with van der Waals surface area (Å²) in [6.45, 7) is 4.53. The van der Waals surface area contributed by atoms with Crippen LogP contribution < -0.4 is 4.90 Å². The van der Waals surface area contributed by atoms with Gasteiger partial charge < -0.3 is 9.80 Å². The Morgan fingerprint density at radius 3 is 2.89 bits per heavy atom. The first-order valence-corrected chi connectivity index (χ1v) is 10.00. The zero-order valence-corrected chi connectivity index (χ0v) is 15.9. The number of anilines is 1. The van der Waals surface area contributed by atoms with Gasteiger partial charge in [0, 0.05) is 31.4 Å². The van der Waals surface area contributed by atoms with Crippen LogP contribution >= 0.6 is 11.7 Å². The lowest BCUT2D eigenvalue weighted by Crippen LogP contribution is -2.50. The molecule has 0 radical (unpaired) electrons. The van der Waals surface area contributed by atoms with Crippen LogP contribution in [-0.4, -0.2) is 55.2 Å². The molecule has 138 valence electrons. The average molecular weight is 380 g/mol. The van der Waals surface area contributed by atoms with Crippen molar-refractivity contribution in [3.8, 4) is 0 Å². The van der Waals surface area contributed by atoms with Crippen molar-refractivity contribution >= 4 is 34.5 Å². The summed E-state index contributed by atoms with van der Waals surface area (Å²) >= 11 is 1.18. The fourth-order valence-electron chi connectivity index (χ4n) is 4.30. The van der Waals surface area contributed by atoms with Crippen molar-refractivity contribution in [2.45, 2.75) is 25.8 Å². The first-order chi connectivity index (χ1) is 13.2. The third-order valence-electron chi connectivity index (χ3n) is 5.71. The van der Waals surface area contributed by atoms with Crippen LogP contribution in [0.1, 0.15) is 29.0 Å². The molecule has 0 aliphatic carbocycles. The SMILES string of the molecule is Cc1nccc(N2CCC3CCN(C(=O)c4ccc5nsnc5c4)C3C2)n1. The molecule has 7 nitrogen and oxygen atoms in total. The summed E-state index contributed by atoms with van der Waals surface area (Å²) in [7, 11) is 0. The van der Waals surface area contributed by atoms with Gasteiger partial charge >= 0.3 is 0 Å². The standard InChI is InChI=1S/C19H20N6OS/c1-12-20-7-4-18(21-12)24-8-5-13-6-9-25(17(13)11-24)19(26)14-2-3-15-16(10-14)23-27-22-15/h2-4,7,10,13,17H,5-6,8-9,11H2,1H3. The summed E-state index contributed by atoms with van der Waals surface area (Å²) < 4.78 is 8.49. The molecule has 1 aromatic carbocycles. The molecular formula is C19H20N6OS. The zero-order chi connectivity index (χ0) is 18.4. The molecule has 2 aromatic heterocycles. The van der Waals surface area contributed by atoms with Crippen LogP contribution in [0.25, 0.3) is 11.0 Å². The van der Waals surface area contributed by atoms with Crippen LogP contribution in [-0.2, 0) is 0 Å². The van der Waals surface area contributed by atoms with Crippen LogP contribution in [0.15, 0.2) is 30.5 Å². The molecule has 3 aromatic rings. The number of likely N-dealkylation sites (tertiary alicyclic amines) is 1. The van der Waals surface area contributed by atoms with E-state index in [1.807, 2.05) is 36.1 Å². The van der Waals surface area contributed by atoms with Crippen LogP contribution in [0.4, 0.5) is 5.82 Å². The highest BCUT2D eigenvalue weighted by Gasteiger charge is 2.41. The van der Waals surface area contributed by atoms with Crippen molar-refractivity contribution in [3.63, 3.8) is 0 Å². The summed E-state index contributed by atoms with van der Waals surface area (Å²) in [6, 6.07) is 7.80. The van der Waals surface area contributed by atoms with Crippen molar-refractivity contribution in [1.29, 1.82) is 0 Å². The second-order valence-electron chi connectivity index (χ2n) is 7.28. The number of rotatable bonds is 2. The van der Waals surface area contributed by atoms with Gasteiger partial charge in [-0.05, 0) is 49.9 Å². The lowest BCUT2D eigenvalue weighted by molar-refractivity contribution is 0.0712. The third kappa shape index (κ3) is 2.93. The third-order valence-corrected chi connectivity index (χ3v) is 6.27. The van der Waals surface area contributed by atoms with Crippen molar-refractivity contribution in [2.24, 2.45) is 5.92 Å². The molecule has 27 heavy (non-hydrogen) atoms. The second-order valence-corrected chi connectivity index (χ2v) is 7.81. The average Bonchev–Trinajstić information content (AvgIpc) is 3.33. The number of aryl methyl sites for hydroxylation is 1. The Labute approximate surface area is 161 Å². The minimum absolute atomic E-state index is 0.0955. The van der Waals surface area contributed by atoms with Gasteiger partial charge in [-0.25, -0.2) is 9.97 Å². The maximum absolute atomic E-state index is 13.2. The Hall–Kier alpha value is -2.61. The van der Waals surface area contributed by atoms with Gasteiger partial charge in [0.1, 0.15) is 22.7 Å². The largest absolute Gasteiger partial charge is 0.354 e. The number of nitrogens with zero attached hydrogens (tertiary/aromatic N) is 6. The number of aromatic nitrogens is 4. The van der Waals surface area contributed by atoms with E-state index in [2.05, 4.69) is 23.6 Å². The Morgan fingerprint density at radius 1 is 1.15 bits per heavy atom. The van der Waals surface area contributed by atoms with Gasteiger partial charge in [0.2, 0.25) is 0 Å². The normalized spacial score (nSPS) is 22.3. The molecule has 2 atom stereocenters. The first kappa shape index (κ1) is 16.6. The van der Waals surface area contributed by atoms with Gasteiger partial charge in [-0.2, -0.15) is 8.75 Å². The lowest BCUT2D eigenvalue weighted by Gasteiger charge is -2.39. The van der Waals surface area contributed by atoms with E-state index >= 15 is 0 Å². The number of benzene rings is 1. The van der Waals surface area contributed by atoms with E-state index in [0.29, 0.717) is 11.5 Å². The van der Waals surface area contributed by atoms with Gasteiger partial charge in [-0.1, -0.05) is 0 Å². The number of hydrogen-bond acceptors (Lipinski definition) is 7. The summed E-state index contributed by atoms with van der Waals surface area (Å²) in [4.78, 5) is 26.3. The van der Waals surface area contributed by atoms with E-state index in [4.69, 9.17) is 0 Å². The first-order valence-electron chi connectivity index (χ1n) is 9.27. The number of fused-ring (bicyclic) bond motifs is 2. The molecule has 0 bridgehead atoms. The molecule has 2 unspecified atom stereocenters. The van der Waals surface area contributed by atoms with E-state index in [1.165, 1.54) is 11.7 Å². The van der Waals surface area contributed by atoms with Crippen LogP contribution in [0.3, 0.4) is 0 Å². The molecule has 0 saturated carbocycles. The minimum Gasteiger partial charge on any atom is -0.354 e. The van der Waals surface area contributed by atoms with Crippen LogP contribution in [0.2, 0.25) is 0 Å². The molecule has 0 spiro atoms. The molecule has 5 rings (SSSR count). The van der Waals surface area contributed by atoms with E-state index in [1.54, 1.807) is 6.20 Å². The lowest BCUT2D eigenvalue weighted by atomic mass is 9.92. The maximum atomic E-state index is 13.2. The minimum atomic E-state index is 0.0955. The number of carbonyl (C=O) groups is 1. The summed E-state index contributed by atoms with van der Waals surface area (Å²) in [6.07, 6.45) is 3.97. The zero-order valence-electron chi connectivity index (χ0n) is 15.1. The molecular weight excluding hydrogens is 360 g/mol. The van der Waals surface area contributed by atoms with E-state index in [9.17, 15) is 4.79 Å². The summed E-state index contributed by atoms with van der Waals surface area (Å²) in [5, 5.41) is 0. The topological polar surface area (TPSA) is 75.1 Å². The van der Waals surface area contributed by atoms with Crippen molar-refractivity contribution in [3.05, 3.63) is 41.9 Å². The monoisotopic (exact) mass is 380 g/mol. The molecule has 4 heterocycles. The molecule has 2 saturated heterocycles. The number of carbonyl (C=O) groups excluding carboxylic acids is 1. The summed E-state index contributed by atoms with van der Waals surface area (Å²) in [5.74, 6) is 2.39. The van der Waals surface area contributed by atoms with E-state index in [0.717, 1.165) is 55.2 Å². The molecule has 1 amide bonds. The van der Waals surface area contributed by atoms with Crippen LogP contribution in [0, 0.1) is 12.8 Å². The van der Waals surface area contributed by atoms with E-state index < -0.39 is 0 Å².